The Balaban J connectivity index is 2.59. The van der Waals surface area contributed by atoms with Gasteiger partial charge in [0.15, 0.2) is 0 Å². The fourth-order valence-electron chi connectivity index (χ4n) is 1.34. The molecule has 1 aliphatic heterocycles. The van der Waals surface area contributed by atoms with Gasteiger partial charge in [-0.3, -0.25) is 0 Å². The van der Waals surface area contributed by atoms with E-state index >= 15 is 0 Å². The third-order valence-electron chi connectivity index (χ3n) is 2.06. The second-order valence-corrected chi connectivity index (χ2v) is 3.12. The van der Waals surface area contributed by atoms with Gasteiger partial charge in [0.05, 0.1) is 12.6 Å². The third kappa shape index (κ3) is 2.20. The first-order chi connectivity index (χ1) is 6.19. The summed E-state index contributed by atoms with van der Waals surface area (Å²) in [5.41, 5.74) is 1.07. The maximum atomic E-state index is 11.3. The van der Waals surface area contributed by atoms with Gasteiger partial charge in [-0.2, -0.15) is 10.1 Å². The zero-order valence-corrected chi connectivity index (χ0v) is 8.41. The summed E-state index contributed by atoms with van der Waals surface area (Å²) in [5, 5.41) is 5.61. The number of hydrazone groups is 1. The van der Waals surface area contributed by atoms with Crippen molar-refractivity contribution < 1.29 is 9.53 Å². The summed E-state index contributed by atoms with van der Waals surface area (Å²) < 4.78 is 4.87. The van der Waals surface area contributed by atoms with Crippen LogP contribution in [0.5, 0.6) is 0 Å². The number of rotatable bonds is 2. The Labute approximate surface area is 78.6 Å². The molecule has 74 valence electrons. The molecule has 0 N–H and O–H groups in total. The first kappa shape index (κ1) is 10.0. The van der Waals surface area contributed by atoms with Crippen LogP contribution in [0.4, 0.5) is 4.79 Å². The average Bonchev–Trinajstić information content (AvgIpc) is 2.47. The largest absolute Gasteiger partial charge is 0.448 e. The molecule has 1 heterocycles. The Morgan fingerprint density at radius 2 is 2.38 bits per heavy atom. The van der Waals surface area contributed by atoms with Crippen molar-refractivity contribution >= 4 is 11.8 Å². The van der Waals surface area contributed by atoms with Gasteiger partial charge in [-0.15, -0.1) is 0 Å². The van der Waals surface area contributed by atoms with Crippen molar-refractivity contribution in [3.8, 4) is 0 Å². The van der Waals surface area contributed by atoms with Gasteiger partial charge < -0.3 is 4.74 Å². The Hall–Kier alpha value is -1.06. The molecule has 13 heavy (non-hydrogen) atoms. The molecule has 1 rings (SSSR count). The lowest BCUT2D eigenvalue weighted by Gasteiger charge is -2.16. The molecule has 0 spiro atoms. The summed E-state index contributed by atoms with van der Waals surface area (Å²) in [7, 11) is 0. The van der Waals surface area contributed by atoms with Crippen molar-refractivity contribution in [3.63, 3.8) is 0 Å². The minimum Gasteiger partial charge on any atom is -0.448 e. The van der Waals surface area contributed by atoms with Crippen LogP contribution in [0.2, 0.25) is 0 Å². The molecule has 0 aliphatic carbocycles. The van der Waals surface area contributed by atoms with Crippen LogP contribution in [0.3, 0.4) is 0 Å². The van der Waals surface area contributed by atoms with Crippen molar-refractivity contribution in [3.05, 3.63) is 0 Å². The van der Waals surface area contributed by atoms with E-state index < -0.39 is 0 Å². The fraction of sp³-hybridized carbons (Fsp3) is 0.778. The molecule has 0 aromatic carbocycles. The van der Waals surface area contributed by atoms with Crippen molar-refractivity contribution in [2.45, 2.75) is 39.7 Å². The van der Waals surface area contributed by atoms with Gasteiger partial charge in [0.2, 0.25) is 0 Å². The smallest absolute Gasteiger partial charge is 0.430 e. The highest BCUT2D eigenvalue weighted by molar-refractivity contribution is 5.88. The summed E-state index contributed by atoms with van der Waals surface area (Å²) in [5.74, 6) is 0. The highest BCUT2D eigenvalue weighted by Gasteiger charge is 2.27. The van der Waals surface area contributed by atoms with E-state index in [1.807, 2.05) is 13.8 Å². The first-order valence-electron chi connectivity index (χ1n) is 4.71. The van der Waals surface area contributed by atoms with Crippen LogP contribution >= 0.6 is 0 Å². The van der Waals surface area contributed by atoms with E-state index in [9.17, 15) is 4.79 Å². The molecule has 0 fully saturated rings. The fourth-order valence-corrected chi connectivity index (χ4v) is 1.34. The molecule has 0 aromatic rings. The number of ether oxygens (including phenoxy) is 1. The van der Waals surface area contributed by atoms with Crippen LogP contribution in [-0.4, -0.2) is 29.5 Å². The van der Waals surface area contributed by atoms with Crippen LogP contribution in [0.25, 0.3) is 0 Å². The first-order valence-corrected chi connectivity index (χ1v) is 4.71. The van der Waals surface area contributed by atoms with Gasteiger partial charge >= 0.3 is 6.09 Å². The lowest BCUT2D eigenvalue weighted by atomic mass is 10.1. The monoisotopic (exact) mass is 184 g/mol. The van der Waals surface area contributed by atoms with Crippen LogP contribution in [0.1, 0.15) is 33.6 Å². The molecule has 4 heteroatoms. The van der Waals surface area contributed by atoms with Crippen LogP contribution in [-0.2, 0) is 4.74 Å². The van der Waals surface area contributed by atoms with Crippen LogP contribution in [0.15, 0.2) is 5.10 Å². The Morgan fingerprint density at radius 3 is 2.85 bits per heavy atom. The molecule has 0 saturated heterocycles. The average molecular weight is 184 g/mol. The maximum Gasteiger partial charge on any atom is 0.430 e. The number of hydrogen-bond acceptors (Lipinski definition) is 3. The lowest BCUT2D eigenvalue weighted by molar-refractivity contribution is 0.100. The summed E-state index contributed by atoms with van der Waals surface area (Å²) in [4.78, 5) is 11.3. The molecule has 0 bridgehead atoms. The number of carbonyl (C=O) groups is 1. The molecule has 0 aromatic heterocycles. The van der Waals surface area contributed by atoms with E-state index in [0.29, 0.717) is 6.61 Å². The summed E-state index contributed by atoms with van der Waals surface area (Å²) >= 11 is 0. The predicted octanol–water partition coefficient (Wildman–Crippen LogP) is 2.00. The van der Waals surface area contributed by atoms with Crippen molar-refractivity contribution in [1.82, 2.24) is 5.01 Å². The number of amides is 1. The van der Waals surface area contributed by atoms with Gasteiger partial charge in [-0.25, -0.2) is 4.79 Å². The van der Waals surface area contributed by atoms with E-state index in [4.69, 9.17) is 4.74 Å². The van der Waals surface area contributed by atoms with E-state index in [2.05, 4.69) is 5.10 Å². The SMILES string of the molecule is CCOC(=O)N1N=C(CC)CC1C. The summed E-state index contributed by atoms with van der Waals surface area (Å²) in [6.45, 7) is 6.21. The van der Waals surface area contributed by atoms with E-state index in [-0.39, 0.29) is 12.1 Å². The third-order valence-corrected chi connectivity index (χ3v) is 2.06. The van der Waals surface area contributed by atoms with Gasteiger partial charge in [-0.05, 0) is 20.3 Å². The van der Waals surface area contributed by atoms with Gasteiger partial charge in [0.1, 0.15) is 0 Å². The van der Waals surface area contributed by atoms with E-state index in [0.717, 1.165) is 18.6 Å². The highest BCUT2D eigenvalue weighted by atomic mass is 16.6. The Bertz CT molecular complexity index is 226. The molecule has 1 unspecified atom stereocenters. The molecule has 1 amide bonds. The molecule has 1 atom stereocenters. The summed E-state index contributed by atoms with van der Waals surface area (Å²) in [6.07, 6.45) is 1.44. The molecule has 4 nitrogen and oxygen atoms in total. The van der Waals surface area contributed by atoms with Crippen LogP contribution in [0, 0.1) is 0 Å². The predicted molar refractivity (Wildman–Crippen MR) is 50.7 cm³/mol. The van der Waals surface area contributed by atoms with Crippen molar-refractivity contribution in [2.75, 3.05) is 6.61 Å². The van der Waals surface area contributed by atoms with Gasteiger partial charge in [0, 0.05) is 12.1 Å². The van der Waals surface area contributed by atoms with Gasteiger partial charge in [0.25, 0.3) is 0 Å². The number of nitrogens with zero attached hydrogens (tertiary/aromatic N) is 2. The quantitative estimate of drug-likeness (QED) is 0.658. The Kier molecular flexibility index (Phi) is 3.28. The molecular formula is C9H16N2O2. The van der Waals surface area contributed by atoms with E-state index in [1.165, 1.54) is 5.01 Å². The molecule has 1 aliphatic rings. The zero-order chi connectivity index (χ0) is 9.84. The zero-order valence-electron chi connectivity index (χ0n) is 8.41. The number of carbonyl (C=O) groups excluding carboxylic acids is 1. The maximum absolute atomic E-state index is 11.3. The topological polar surface area (TPSA) is 41.9 Å². The second-order valence-electron chi connectivity index (χ2n) is 3.12. The van der Waals surface area contributed by atoms with Crippen LogP contribution < -0.4 is 0 Å². The van der Waals surface area contributed by atoms with Crippen molar-refractivity contribution in [2.24, 2.45) is 5.10 Å². The van der Waals surface area contributed by atoms with E-state index in [1.54, 1.807) is 6.92 Å². The second kappa shape index (κ2) is 4.25. The minimum atomic E-state index is -0.335. The normalized spacial score (nSPS) is 21.6. The van der Waals surface area contributed by atoms with Gasteiger partial charge in [-0.1, -0.05) is 6.92 Å². The molecule has 0 radical (unpaired) electrons. The molecule has 0 saturated carbocycles. The van der Waals surface area contributed by atoms with Crippen molar-refractivity contribution in [1.29, 1.82) is 0 Å². The molecular weight excluding hydrogens is 168 g/mol. The lowest BCUT2D eigenvalue weighted by Crippen LogP contribution is -2.30. The standard InChI is InChI=1S/C9H16N2O2/c1-4-8-6-7(3)11(10-8)9(12)13-5-2/h7H,4-6H2,1-3H3. The summed E-state index contributed by atoms with van der Waals surface area (Å²) in [6, 6.07) is 0.147. The Morgan fingerprint density at radius 1 is 1.69 bits per heavy atom. The highest BCUT2D eigenvalue weighted by Crippen LogP contribution is 2.17. The number of hydrogen-bond donors (Lipinski definition) is 0. The minimum absolute atomic E-state index is 0.147.